The Bertz CT molecular complexity index is 1250. The van der Waals surface area contributed by atoms with E-state index in [2.05, 4.69) is 15.4 Å². The van der Waals surface area contributed by atoms with E-state index in [0.29, 0.717) is 24.2 Å². The first kappa shape index (κ1) is 25.3. The number of halogens is 1. The van der Waals surface area contributed by atoms with Crippen molar-refractivity contribution in [3.63, 3.8) is 0 Å². The normalized spacial score (nSPS) is 21.4. The minimum Gasteiger partial charge on any atom is -0.377 e. The summed E-state index contributed by atoms with van der Waals surface area (Å²) in [5.41, 5.74) is 2.58. The highest BCUT2D eigenvalue weighted by Crippen LogP contribution is 2.55. The van der Waals surface area contributed by atoms with E-state index in [9.17, 15) is 14.0 Å². The van der Waals surface area contributed by atoms with Crippen molar-refractivity contribution in [2.75, 3.05) is 17.8 Å². The maximum atomic E-state index is 11.9. The molecule has 14 heteroatoms. The van der Waals surface area contributed by atoms with Gasteiger partial charge in [-0.2, -0.15) is 5.10 Å². The minimum atomic E-state index is -4.69. The van der Waals surface area contributed by atoms with E-state index in [0.717, 1.165) is 11.3 Å². The van der Waals surface area contributed by atoms with Crippen LogP contribution in [0.4, 0.5) is 5.69 Å². The van der Waals surface area contributed by atoms with E-state index in [-0.39, 0.29) is 17.8 Å². The predicted molar refractivity (Wildman–Crippen MR) is 126 cm³/mol. The number of fused-ring (bicyclic) bond motifs is 1. The van der Waals surface area contributed by atoms with Crippen molar-refractivity contribution >= 4 is 38.0 Å². The summed E-state index contributed by atoms with van der Waals surface area (Å²) in [6, 6.07) is 11.7. The molecule has 1 unspecified atom stereocenters. The van der Waals surface area contributed by atoms with Crippen LogP contribution < -0.4 is 5.32 Å². The maximum Gasteiger partial charge on any atom is 0.340 e. The first-order chi connectivity index (χ1) is 16.0. The fourth-order valence-corrected chi connectivity index (χ4v) is 6.62. The van der Waals surface area contributed by atoms with Crippen LogP contribution in [0.2, 0.25) is 5.15 Å². The molecular formula is C20H25ClN4O7P2. The Balaban J connectivity index is 1.47. The van der Waals surface area contributed by atoms with Gasteiger partial charge in [0, 0.05) is 12.1 Å². The van der Waals surface area contributed by atoms with Crippen LogP contribution >= 0.6 is 26.8 Å². The Morgan fingerprint density at radius 2 is 2.00 bits per heavy atom. The standard InChI is InChI=1S/C20H25ClN4O7P2/c1-13(14-5-3-2-4-6-14)23-16-9-19(21)24-25-17(16)10-22-20(25)18-8-7-15(32-18)11-31-34(29,30)12-33(26,27)28/h2-6,9-10,13,15,18,23H,7-8,11-12H2,1H3,(H,29,30)(H2,26,27,28)/t13-,15-,18+/m0/s1. The van der Waals surface area contributed by atoms with Crippen LogP contribution in [0.3, 0.4) is 0 Å². The van der Waals surface area contributed by atoms with Gasteiger partial charge < -0.3 is 29.3 Å². The van der Waals surface area contributed by atoms with Gasteiger partial charge in [0.05, 0.1) is 24.6 Å². The predicted octanol–water partition coefficient (Wildman–Crippen LogP) is 4.11. The fourth-order valence-electron chi connectivity index (χ4n) is 3.85. The lowest BCUT2D eigenvalue weighted by Gasteiger charge is -2.18. The van der Waals surface area contributed by atoms with E-state index in [1.54, 1.807) is 16.8 Å². The highest BCUT2D eigenvalue weighted by Gasteiger charge is 2.35. The van der Waals surface area contributed by atoms with Gasteiger partial charge in [-0.15, -0.1) is 0 Å². The molecule has 0 amide bonds. The molecule has 4 rings (SSSR count). The summed E-state index contributed by atoms with van der Waals surface area (Å²) in [5, 5.41) is 8.08. The van der Waals surface area contributed by atoms with Crippen LogP contribution in [0.1, 0.15) is 43.3 Å². The lowest BCUT2D eigenvalue weighted by molar-refractivity contribution is 0.0106. The number of nitrogens with one attached hydrogen (secondary N) is 1. The van der Waals surface area contributed by atoms with Crippen molar-refractivity contribution in [2.24, 2.45) is 0 Å². The highest BCUT2D eigenvalue weighted by molar-refractivity contribution is 7.70. The number of rotatable bonds is 9. The van der Waals surface area contributed by atoms with Gasteiger partial charge in [-0.25, -0.2) is 9.50 Å². The molecule has 1 saturated heterocycles. The fraction of sp³-hybridized carbons (Fsp3) is 0.400. The number of imidazole rings is 1. The van der Waals surface area contributed by atoms with E-state index >= 15 is 0 Å². The number of aromatic nitrogens is 3. The van der Waals surface area contributed by atoms with Gasteiger partial charge in [-0.3, -0.25) is 9.13 Å². The molecule has 1 aliphatic rings. The van der Waals surface area contributed by atoms with Gasteiger partial charge in [0.25, 0.3) is 0 Å². The SMILES string of the molecule is C[C@H](Nc1cc(Cl)nn2c([C@H]3CC[C@@H](COP(=O)(O)CP(=O)(O)O)O3)ncc12)c1ccccc1. The molecule has 4 N–H and O–H groups in total. The van der Waals surface area contributed by atoms with Crippen molar-refractivity contribution in [3.8, 4) is 0 Å². The van der Waals surface area contributed by atoms with Crippen LogP contribution in [0.25, 0.3) is 5.52 Å². The van der Waals surface area contributed by atoms with Crippen LogP contribution in [-0.4, -0.2) is 47.9 Å². The molecule has 4 atom stereocenters. The van der Waals surface area contributed by atoms with Crippen molar-refractivity contribution in [1.82, 2.24) is 14.6 Å². The summed E-state index contributed by atoms with van der Waals surface area (Å²) in [6.45, 7) is 1.76. The Morgan fingerprint density at radius 1 is 1.26 bits per heavy atom. The zero-order valence-corrected chi connectivity index (χ0v) is 20.7. The van der Waals surface area contributed by atoms with Gasteiger partial charge in [0.2, 0.25) is 0 Å². The molecule has 0 aliphatic carbocycles. The van der Waals surface area contributed by atoms with Crippen molar-refractivity contribution in [1.29, 1.82) is 0 Å². The molecule has 0 saturated carbocycles. The molecule has 1 fully saturated rings. The van der Waals surface area contributed by atoms with E-state index in [4.69, 9.17) is 30.6 Å². The Kier molecular flexibility index (Phi) is 7.47. The third-order valence-electron chi connectivity index (χ3n) is 5.39. The number of hydrogen-bond acceptors (Lipinski definition) is 7. The maximum absolute atomic E-state index is 11.9. The minimum absolute atomic E-state index is 0.00777. The average Bonchev–Trinajstić information content (AvgIpc) is 3.38. The molecule has 3 heterocycles. The molecule has 0 spiro atoms. The molecule has 1 aromatic carbocycles. The Morgan fingerprint density at radius 3 is 2.71 bits per heavy atom. The van der Waals surface area contributed by atoms with Crippen LogP contribution in [0.15, 0.2) is 42.6 Å². The second kappa shape index (κ2) is 10.0. The zero-order valence-electron chi connectivity index (χ0n) is 18.2. The Labute approximate surface area is 200 Å². The molecule has 3 aromatic rings. The van der Waals surface area contributed by atoms with E-state index < -0.39 is 33.3 Å². The lowest BCUT2D eigenvalue weighted by Crippen LogP contribution is -2.16. The Hall–Kier alpha value is -1.81. The van der Waals surface area contributed by atoms with E-state index in [1.165, 1.54) is 0 Å². The smallest absolute Gasteiger partial charge is 0.340 e. The average molecular weight is 531 g/mol. The van der Waals surface area contributed by atoms with Gasteiger partial charge in [-0.1, -0.05) is 41.9 Å². The van der Waals surface area contributed by atoms with Crippen LogP contribution in [0, 0.1) is 0 Å². The molecule has 0 bridgehead atoms. The summed E-state index contributed by atoms with van der Waals surface area (Å²) in [5.74, 6) is -0.710. The highest BCUT2D eigenvalue weighted by atomic mass is 35.5. The number of ether oxygens (including phenoxy) is 1. The number of benzene rings is 1. The first-order valence-electron chi connectivity index (χ1n) is 10.5. The molecule has 34 heavy (non-hydrogen) atoms. The molecular weight excluding hydrogens is 506 g/mol. The summed E-state index contributed by atoms with van der Waals surface area (Å²) in [6.07, 6.45) is 1.74. The summed E-state index contributed by atoms with van der Waals surface area (Å²) < 4.78 is 35.3. The van der Waals surface area contributed by atoms with Gasteiger partial charge in [0.15, 0.2) is 16.9 Å². The third-order valence-corrected chi connectivity index (χ3v) is 9.03. The summed E-state index contributed by atoms with van der Waals surface area (Å²) >= 11 is 6.29. The first-order valence-corrected chi connectivity index (χ1v) is 14.5. The van der Waals surface area contributed by atoms with Crippen LogP contribution in [0.5, 0.6) is 0 Å². The van der Waals surface area contributed by atoms with Gasteiger partial charge >= 0.3 is 15.2 Å². The van der Waals surface area contributed by atoms with Crippen molar-refractivity contribution in [2.45, 2.75) is 38.0 Å². The van der Waals surface area contributed by atoms with Gasteiger partial charge in [-0.05, 0) is 25.3 Å². The van der Waals surface area contributed by atoms with Crippen molar-refractivity contribution < 1.29 is 33.1 Å². The number of hydrogen-bond donors (Lipinski definition) is 4. The molecule has 2 aromatic heterocycles. The second-order valence-corrected chi connectivity index (χ2v) is 12.5. The van der Waals surface area contributed by atoms with E-state index in [1.807, 2.05) is 37.3 Å². The molecule has 1 aliphatic heterocycles. The topological polar surface area (TPSA) is 156 Å². The van der Waals surface area contributed by atoms with Crippen LogP contribution in [-0.2, 0) is 18.4 Å². The monoisotopic (exact) mass is 530 g/mol. The third kappa shape index (κ3) is 6.24. The summed E-state index contributed by atoms with van der Waals surface area (Å²) in [7, 11) is -9.13. The second-order valence-electron chi connectivity index (χ2n) is 8.13. The van der Waals surface area contributed by atoms with Crippen molar-refractivity contribution in [3.05, 3.63) is 59.1 Å². The summed E-state index contributed by atoms with van der Waals surface area (Å²) in [4.78, 5) is 32.0. The zero-order chi connectivity index (χ0) is 24.5. The molecule has 0 radical (unpaired) electrons. The largest absolute Gasteiger partial charge is 0.377 e. The number of anilines is 1. The lowest BCUT2D eigenvalue weighted by atomic mass is 10.1. The van der Waals surface area contributed by atoms with Gasteiger partial charge in [0.1, 0.15) is 11.6 Å². The number of nitrogens with zero attached hydrogens (tertiary/aromatic N) is 3. The molecule has 11 nitrogen and oxygen atoms in total. The molecule has 184 valence electrons. The quantitative estimate of drug-likeness (QED) is 0.297.